The monoisotopic (exact) mass is 207 g/mol. The van der Waals surface area contributed by atoms with Crippen molar-refractivity contribution < 1.29 is 5.11 Å². The van der Waals surface area contributed by atoms with E-state index in [2.05, 4.69) is 15.2 Å². The molecular formula is C11H17N3O. The minimum atomic E-state index is -0.105. The van der Waals surface area contributed by atoms with E-state index >= 15 is 0 Å². The number of hydrogen-bond acceptors (Lipinski definition) is 4. The average molecular weight is 207 g/mol. The lowest BCUT2D eigenvalue weighted by Crippen LogP contribution is -2.53. The molecule has 2 heterocycles. The molecule has 4 nitrogen and oxygen atoms in total. The van der Waals surface area contributed by atoms with Crippen molar-refractivity contribution in [2.24, 2.45) is 0 Å². The first-order chi connectivity index (χ1) is 7.34. The second-order valence-corrected chi connectivity index (χ2v) is 3.95. The summed E-state index contributed by atoms with van der Waals surface area (Å²) < 4.78 is 0. The Labute approximate surface area is 89.9 Å². The van der Waals surface area contributed by atoms with Crippen LogP contribution in [0, 0.1) is 0 Å². The molecular weight excluding hydrogens is 190 g/mol. The normalized spacial score (nSPS) is 17.7. The topological polar surface area (TPSA) is 48.4 Å². The number of rotatable bonds is 5. The number of hydrogen-bond donors (Lipinski definition) is 2. The van der Waals surface area contributed by atoms with Gasteiger partial charge in [-0.05, 0) is 24.1 Å². The Hall–Kier alpha value is -0.970. The van der Waals surface area contributed by atoms with Gasteiger partial charge < -0.3 is 10.4 Å². The lowest BCUT2D eigenvalue weighted by Gasteiger charge is -2.35. The fourth-order valence-corrected chi connectivity index (χ4v) is 1.69. The van der Waals surface area contributed by atoms with E-state index < -0.39 is 0 Å². The minimum Gasteiger partial charge on any atom is -0.390 e. The number of aromatic nitrogens is 1. The van der Waals surface area contributed by atoms with Crippen molar-refractivity contribution in [1.82, 2.24) is 15.2 Å². The predicted molar refractivity (Wildman–Crippen MR) is 58.4 cm³/mol. The highest BCUT2D eigenvalue weighted by atomic mass is 16.3. The zero-order valence-corrected chi connectivity index (χ0v) is 8.76. The Morgan fingerprint density at radius 1 is 1.40 bits per heavy atom. The van der Waals surface area contributed by atoms with Crippen LogP contribution in [0.5, 0.6) is 0 Å². The van der Waals surface area contributed by atoms with E-state index in [1.807, 2.05) is 24.5 Å². The lowest BCUT2D eigenvalue weighted by atomic mass is 10.2. The van der Waals surface area contributed by atoms with Crippen LogP contribution in [-0.4, -0.2) is 47.4 Å². The van der Waals surface area contributed by atoms with E-state index in [-0.39, 0.29) is 6.10 Å². The van der Waals surface area contributed by atoms with Crippen molar-refractivity contribution in [3.63, 3.8) is 0 Å². The van der Waals surface area contributed by atoms with Crippen LogP contribution in [0.25, 0.3) is 0 Å². The van der Waals surface area contributed by atoms with E-state index in [4.69, 9.17) is 5.11 Å². The third-order valence-electron chi connectivity index (χ3n) is 2.61. The largest absolute Gasteiger partial charge is 0.390 e. The number of nitrogens with zero attached hydrogens (tertiary/aromatic N) is 2. The van der Waals surface area contributed by atoms with E-state index in [1.54, 1.807) is 0 Å². The maximum absolute atomic E-state index is 9.08. The van der Waals surface area contributed by atoms with Gasteiger partial charge in [-0.1, -0.05) is 0 Å². The molecule has 0 spiro atoms. The van der Waals surface area contributed by atoms with Crippen LogP contribution in [0.1, 0.15) is 5.56 Å². The fraction of sp³-hybridized carbons (Fsp3) is 0.545. The van der Waals surface area contributed by atoms with Crippen LogP contribution in [0.3, 0.4) is 0 Å². The number of nitrogens with one attached hydrogen (secondary N) is 1. The SMILES string of the molecule is OC1CN(CNCCc2ccncc2)C1. The van der Waals surface area contributed by atoms with Crippen molar-refractivity contribution in [2.75, 3.05) is 26.3 Å². The van der Waals surface area contributed by atoms with Gasteiger partial charge in [0.15, 0.2) is 0 Å². The summed E-state index contributed by atoms with van der Waals surface area (Å²) in [4.78, 5) is 6.17. The molecule has 1 aromatic heterocycles. The zero-order valence-electron chi connectivity index (χ0n) is 8.76. The summed E-state index contributed by atoms with van der Waals surface area (Å²) in [5.74, 6) is 0. The molecule has 0 saturated carbocycles. The van der Waals surface area contributed by atoms with Crippen LogP contribution in [0.2, 0.25) is 0 Å². The predicted octanol–water partition coefficient (Wildman–Crippen LogP) is -0.152. The number of aliphatic hydroxyl groups is 1. The summed E-state index contributed by atoms with van der Waals surface area (Å²) in [5.41, 5.74) is 1.31. The smallest absolute Gasteiger partial charge is 0.0794 e. The van der Waals surface area contributed by atoms with Gasteiger partial charge in [0.2, 0.25) is 0 Å². The third-order valence-corrected chi connectivity index (χ3v) is 2.61. The molecule has 4 heteroatoms. The van der Waals surface area contributed by atoms with Crippen molar-refractivity contribution in [2.45, 2.75) is 12.5 Å². The van der Waals surface area contributed by atoms with Crippen LogP contribution in [-0.2, 0) is 6.42 Å². The second kappa shape index (κ2) is 5.21. The van der Waals surface area contributed by atoms with E-state index in [1.165, 1.54) is 5.56 Å². The maximum atomic E-state index is 9.08. The molecule has 1 aliphatic rings. The molecule has 2 rings (SSSR count). The van der Waals surface area contributed by atoms with Crippen molar-refractivity contribution in [3.05, 3.63) is 30.1 Å². The molecule has 82 valence electrons. The van der Waals surface area contributed by atoms with Gasteiger partial charge in [0.1, 0.15) is 0 Å². The van der Waals surface area contributed by atoms with Crippen molar-refractivity contribution in [3.8, 4) is 0 Å². The highest BCUT2D eigenvalue weighted by Gasteiger charge is 2.22. The van der Waals surface area contributed by atoms with Gasteiger partial charge in [-0.15, -0.1) is 0 Å². The minimum absolute atomic E-state index is 0.105. The zero-order chi connectivity index (χ0) is 10.5. The Balaban J connectivity index is 1.56. The van der Waals surface area contributed by atoms with Crippen LogP contribution < -0.4 is 5.32 Å². The van der Waals surface area contributed by atoms with Gasteiger partial charge in [0.05, 0.1) is 6.10 Å². The molecule has 1 saturated heterocycles. The summed E-state index contributed by atoms with van der Waals surface area (Å²) >= 11 is 0. The molecule has 0 amide bonds. The van der Waals surface area contributed by atoms with E-state index in [0.717, 1.165) is 32.7 Å². The second-order valence-electron chi connectivity index (χ2n) is 3.95. The number of pyridine rings is 1. The van der Waals surface area contributed by atoms with E-state index in [9.17, 15) is 0 Å². The van der Waals surface area contributed by atoms with Crippen LogP contribution in [0.15, 0.2) is 24.5 Å². The quantitative estimate of drug-likeness (QED) is 0.659. The summed E-state index contributed by atoms with van der Waals surface area (Å²) in [6, 6.07) is 4.07. The first-order valence-electron chi connectivity index (χ1n) is 5.34. The van der Waals surface area contributed by atoms with Gasteiger partial charge in [0, 0.05) is 38.7 Å². The molecule has 2 N–H and O–H groups in total. The lowest BCUT2D eigenvalue weighted by molar-refractivity contribution is -0.00217. The number of likely N-dealkylation sites (tertiary alicyclic amines) is 1. The maximum Gasteiger partial charge on any atom is 0.0794 e. The van der Waals surface area contributed by atoms with Gasteiger partial charge >= 0.3 is 0 Å². The first-order valence-corrected chi connectivity index (χ1v) is 5.34. The summed E-state index contributed by atoms with van der Waals surface area (Å²) in [6.45, 7) is 3.46. The Bertz CT molecular complexity index is 285. The third kappa shape index (κ3) is 3.27. The molecule has 0 radical (unpaired) electrons. The highest BCUT2D eigenvalue weighted by molar-refractivity contribution is 5.09. The van der Waals surface area contributed by atoms with Crippen LogP contribution in [0.4, 0.5) is 0 Å². The van der Waals surface area contributed by atoms with Crippen molar-refractivity contribution >= 4 is 0 Å². The van der Waals surface area contributed by atoms with Crippen LogP contribution >= 0.6 is 0 Å². The molecule has 0 aromatic carbocycles. The Morgan fingerprint density at radius 2 is 2.13 bits per heavy atom. The Morgan fingerprint density at radius 3 is 2.80 bits per heavy atom. The summed E-state index contributed by atoms with van der Waals surface area (Å²) in [5, 5.41) is 12.4. The van der Waals surface area contributed by atoms with Crippen molar-refractivity contribution in [1.29, 1.82) is 0 Å². The highest BCUT2D eigenvalue weighted by Crippen LogP contribution is 2.04. The molecule has 0 aliphatic carbocycles. The summed E-state index contributed by atoms with van der Waals surface area (Å²) in [7, 11) is 0. The standard InChI is InChI=1S/C11H17N3O/c15-11-7-14(8-11)9-13-6-3-10-1-4-12-5-2-10/h1-2,4-5,11,13,15H,3,6-9H2. The summed E-state index contributed by atoms with van der Waals surface area (Å²) in [6.07, 6.45) is 4.56. The first kappa shape index (κ1) is 10.5. The fourth-order valence-electron chi connectivity index (χ4n) is 1.69. The average Bonchev–Trinajstić information content (AvgIpc) is 2.23. The van der Waals surface area contributed by atoms with Gasteiger partial charge in [0.25, 0.3) is 0 Å². The number of aliphatic hydroxyl groups excluding tert-OH is 1. The van der Waals surface area contributed by atoms with Gasteiger partial charge in [-0.2, -0.15) is 0 Å². The molecule has 0 atom stereocenters. The molecule has 1 aliphatic heterocycles. The van der Waals surface area contributed by atoms with E-state index in [0.29, 0.717) is 0 Å². The molecule has 0 bridgehead atoms. The molecule has 1 fully saturated rings. The van der Waals surface area contributed by atoms with Gasteiger partial charge in [-0.25, -0.2) is 0 Å². The number of β-amino-alcohol motifs (C(OH)–C–C–N with tert-alkyl or cyclic N) is 1. The Kier molecular flexibility index (Phi) is 3.66. The van der Waals surface area contributed by atoms with Gasteiger partial charge in [-0.3, -0.25) is 9.88 Å². The molecule has 15 heavy (non-hydrogen) atoms. The molecule has 1 aromatic rings. The molecule has 0 unspecified atom stereocenters.